The smallest absolute Gasteiger partial charge is 0.0723 e. The molecule has 0 saturated heterocycles. The van der Waals surface area contributed by atoms with Gasteiger partial charge in [0.15, 0.2) is 0 Å². The maximum absolute atomic E-state index is 5.81. The van der Waals surface area contributed by atoms with Crippen LogP contribution >= 0.6 is 22.6 Å². The van der Waals surface area contributed by atoms with Crippen LogP contribution < -0.4 is 5.73 Å². The lowest BCUT2D eigenvalue weighted by atomic mass is 10.1. The lowest BCUT2D eigenvalue weighted by Gasteiger charge is -2.02. The van der Waals surface area contributed by atoms with E-state index in [1.54, 1.807) is 6.20 Å². The number of nitrogen functional groups attached to an aromatic ring is 1. The Hall–Kier alpha value is -1.10. The summed E-state index contributed by atoms with van der Waals surface area (Å²) in [5.41, 5.74) is 8.60. The number of halogens is 1. The van der Waals surface area contributed by atoms with Gasteiger partial charge in [-0.1, -0.05) is 30.3 Å². The molecule has 2 N–H and O–H groups in total. The van der Waals surface area contributed by atoms with Crippen molar-refractivity contribution in [1.82, 2.24) is 4.98 Å². The first kappa shape index (κ1) is 9.45. The average molecular weight is 296 g/mol. The van der Waals surface area contributed by atoms with Gasteiger partial charge < -0.3 is 5.73 Å². The van der Waals surface area contributed by atoms with Gasteiger partial charge in [0.05, 0.1) is 9.26 Å². The van der Waals surface area contributed by atoms with Gasteiger partial charge in [-0.3, -0.25) is 4.98 Å². The first-order valence-corrected chi connectivity index (χ1v) is 5.31. The van der Waals surface area contributed by atoms with Gasteiger partial charge in [-0.25, -0.2) is 0 Å². The van der Waals surface area contributed by atoms with E-state index in [-0.39, 0.29) is 0 Å². The molecule has 2 nitrogen and oxygen atoms in total. The molecule has 0 saturated carbocycles. The summed E-state index contributed by atoms with van der Waals surface area (Å²) < 4.78 is 0.988. The molecule has 1 aromatic carbocycles. The third-order valence-electron chi connectivity index (χ3n) is 1.95. The molecule has 14 heavy (non-hydrogen) atoms. The summed E-state index contributed by atoms with van der Waals surface area (Å²) in [7, 11) is 0. The Bertz CT molecular complexity index is 440. The van der Waals surface area contributed by atoms with Gasteiger partial charge in [-0.15, -0.1) is 0 Å². The fraction of sp³-hybridized carbons (Fsp3) is 0. The molecular weight excluding hydrogens is 287 g/mol. The summed E-state index contributed by atoms with van der Waals surface area (Å²) in [4.78, 5) is 4.32. The van der Waals surface area contributed by atoms with Crippen LogP contribution in [0, 0.1) is 3.57 Å². The van der Waals surface area contributed by atoms with Gasteiger partial charge >= 0.3 is 0 Å². The maximum Gasteiger partial charge on any atom is 0.0723 e. The molecule has 0 bridgehead atoms. The van der Waals surface area contributed by atoms with Crippen LogP contribution in [0.5, 0.6) is 0 Å². The highest BCUT2D eigenvalue weighted by Crippen LogP contribution is 2.21. The molecule has 0 amide bonds. The second-order valence-corrected chi connectivity index (χ2v) is 4.12. The van der Waals surface area contributed by atoms with E-state index in [4.69, 9.17) is 5.73 Å². The van der Waals surface area contributed by atoms with Gasteiger partial charge in [-0.05, 0) is 28.7 Å². The Morgan fingerprint density at radius 1 is 1.14 bits per heavy atom. The van der Waals surface area contributed by atoms with E-state index in [1.165, 1.54) is 0 Å². The van der Waals surface area contributed by atoms with Gasteiger partial charge in [0.25, 0.3) is 0 Å². The Kier molecular flexibility index (Phi) is 2.67. The van der Waals surface area contributed by atoms with E-state index < -0.39 is 0 Å². The third-order valence-corrected chi connectivity index (χ3v) is 2.86. The van der Waals surface area contributed by atoms with Crippen molar-refractivity contribution in [3.05, 3.63) is 46.2 Å². The number of hydrogen-bond donors (Lipinski definition) is 1. The molecular formula is C11H9IN2. The molecule has 0 aliphatic rings. The summed E-state index contributed by atoms with van der Waals surface area (Å²) in [5, 5.41) is 0. The predicted octanol–water partition coefficient (Wildman–Crippen LogP) is 2.94. The van der Waals surface area contributed by atoms with E-state index in [9.17, 15) is 0 Å². The summed E-state index contributed by atoms with van der Waals surface area (Å²) in [6, 6.07) is 11.9. The van der Waals surface area contributed by atoms with Gasteiger partial charge in [0, 0.05) is 17.4 Å². The number of anilines is 1. The summed E-state index contributed by atoms with van der Waals surface area (Å²) in [6.45, 7) is 0. The number of nitrogens with two attached hydrogens (primary N) is 1. The highest BCUT2D eigenvalue weighted by molar-refractivity contribution is 14.1. The first-order chi connectivity index (χ1) is 6.77. The van der Waals surface area contributed by atoms with E-state index >= 15 is 0 Å². The van der Waals surface area contributed by atoms with E-state index in [2.05, 4.69) is 27.6 Å². The van der Waals surface area contributed by atoms with Crippen LogP contribution in [0.2, 0.25) is 0 Å². The second kappa shape index (κ2) is 3.96. The maximum atomic E-state index is 5.81. The summed E-state index contributed by atoms with van der Waals surface area (Å²) >= 11 is 2.17. The fourth-order valence-electron chi connectivity index (χ4n) is 1.22. The van der Waals surface area contributed by atoms with E-state index in [1.807, 2.05) is 36.4 Å². The van der Waals surface area contributed by atoms with Crippen LogP contribution in [0.4, 0.5) is 5.69 Å². The van der Waals surface area contributed by atoms with Crippen LogP contribution in [-0.4, -0.2) is 4.98 Å². The van der Waals surface area contributed by atoms with Crippen LogP contribution in [0.3, 0.4) is 0 Å². The largest absolute Gasteiger partial charge is 0.398 e. The zero-order valence-electron chi connectivity index (χ0n) is 7.44. The minimum absolute atomic E-state index is 0.777. The van der Waals surface area contributed by atoms with Crippen molar-refractivity contribution in [1.29, 1.82) is 0 Å². The standard InChI is InChI=1S/C11H9IN2/c12-9-7-14-11(6-10(9)13)8-4-2-1-3-5-8/h1-7H,(H2,13,14). The quantitative estimate of drug-likeness (QED) is 0.822. The molecule has 0 aliphatic carbocycles. The molecule has 1 aromatic heterocycles. The second-order valence-electron chi connectivity index (χ2n) is 2.96. The lowest BCUT2D eigenvalue weighted by molar-refractivity contribution is 1.31. The molecule has 0 atom stereocenters. The fourth-order valence-corrected chi connectivity index (χ4v) is 1.52. The number of nitrogens with zero attached hydrogens (tertiary/aromatic N) is 1. The zero-order chi connectivity index (χ0) is 9.97. The molecule has 0 unspecified atom stereocenters. The molecule has 70 valence electrons. The van der Waals surface area contributed by atoms with Crippen molar-refractivity contribution in [2.75, 3.05) is 5.73 Å². The molecule has 0 aliphatic heterocycles. The van der Waals surface area contributed by atoms with Crippen LogP contribution in [-0.2, 0) is 0 Å². The molecule has 0 spiro atoms. The topological polar surface area (TPSA) is 38.9 Å². The Morgan fingerprint density at radius 3 is 2.50 bits per heavy atom. The molecule has 3 heteroatoms. The van der Waals surface area contributed by atoms with E-state index in [0.717, 1.165) is 20.5 Å². The highest BCUT2D eigenvalue weighted by atomic mass is 127. The van der Waals surface area contributed by atoms with Crippen LogP contribution in [0.25, 0.3) is 11.3 Å². The third kappa shape index (κ3) is 1.87. The summed E-state index contributed by atoms with van der Waals surface area (Å²) in [5.74, 6) is 0. The first-order valence-electron chi connectivity index (χ1n) is 4.24. The zero-order valence-corrected chi connectivity index (χ0v) is 9.60. The predicted molar refractivity (Wildman–Crippen MR) is 66.8 cm³/mol. The van der Waals surface area contributed by atoms with Gasteiger partial charge in [0.1, 0.15) is 0 Å². The lowest BCUT2D eigenvalue weighted by Crippen LogP contribution is -1.92. The van der Waals surface area contributed by atoms with Crippen molar-refractivity contribution in [2.45, 2.75) is 0 Å². The number of hydrogen-bond acceptors (Lipinski definition) is 2. The molecule has 0 radical (unpaired) electrons. The van der Waals surface area contributed by atoms with Gasteiger partial charge in [0.2, 0.25) is 0 Å². The molecule has 2 aromatic rings. The van der Waals surface area contributed by atoms with Crippen molar-refractivity contribution in [3.63, 3.8) is 0 Å². The van der Waals surface area contributed by atoms with Crippen molar-refractivity contribution >= 4 is 28.3 Å². The van der Waals surface area contributed by atoms with Crippen molar-refractivity contribution in [2.24, 2.45) is 0 Å². The minimum atomic E-state index is 0.777. The Balaban J connectivity index is 2.48. The molecule has 2 rings (SSSR count). The van der Waals surface area contributed by atoms with E-state index in [0.29, 0.717) is 0 Å². The molecule has 0 fully saturated rings. The van der Waals surface area contributed by atoms with Crippen LogP contribution in [0.1, 0.15) is 0 Å². The number of benzene rings is 1. The van der Waals surface area contributed by atoms with Crippen LogP contribution in [0.15, 0.2) is 42.6 Å². The number of rotatable bonds is 1. The SMILES string of the molecule is Nc1cc(-c2ccccc2)ncc1I. The normalized spacial score (nSPS) is 10.1. The summed E-state index contributed by atoms with van der Waals surface area (Å²) in [6.07, 6.45) is 1.79. The monoisotopic (exact) mass is 296 g/mol. The Labute approximate surface area is 96.3 Å². The number of pyridine rings is 1. The van der Waals surface area contributed by atoms with Crippen molar-refractivity contribution < 1.29 is 0 Å². The minimum Gasteiger partial charge on any atom is -0.398 e. The average Bonchev–Trinajstić information content (AvgIpc) is 2.23. The van der Waals surface area contributed by atoms with Gasteiger partial charge in [-0.2, -0.15) is 0 Å². The Morgan fingerprint density at radius 2 is 1.86 bits per heavy atom. The molecule has 1 heterocycles. The van der Waals surface area contributed by atoms with Crippen molar-refractivity contribution in [3.8, 4) is 11.3 Å². The highest BCUT2D eigenvalue weighted by Gasteiger charge is 2.00. The number of aromatic nitrogens is 1.